The van der Waals surface area contributed by atoms with Gasteiger partial charge in [-0.05, 0) is 43.2 Å². The number of hydrogen-bond donors (Lipinski definition) is 1. The number of nitrogens with zero attached hydrogens (tertiary/aromatic N) is 2. The van der Waals surface area contributed by atoms with Crippen LogP contribution in [0.4, 0.5) is 11.5 Å². The van der Waals surface area contributed by atoms with Crippen molar-refractivity contribution in [2.75, 3.05) is 11.9 Å². The summed E-state index contributed by atoms with van der Waals surface area (Å²) in [6.07, 6.45) is 1.45. The number of benzene rings is 1. The number of carboxylic acids is 1. The van der Waals surface area contributed by atoms with E-state index in [2.05, 4.69) is 11.1 Å². The molecule has 0 unspecified atom stereocenters. The Labute approximate surface area is 122 Å². The Morgan fingerprint density at radius 2 is 1.85 bits per heavy atom. The summed E-state index contributed by atoms with van der Waals surface area (Å²) in [6, 6.07) is 7.46. The molecule has 0 fully saturated rings. The molecule has 0 bridgehead atoms. The first-order valence-corrected chi connectivity index (χ1v) is 6.47. The molecular weight excluding hydrogens is 276 g/mol. The Bertz CT molecular complexity index is 651. The summed E-state index contributed by atoms with van der Waals surface area (Å²) in [6.45, 7) is 4.01. The maximum Gasteiger partial charge on any atom is 0.337 e. The predicted octanol–water partition coefficient (Wildman–Crippen LogP) is 3.82. The second-order valence-corrected chi connectivity index (χ2v) is 5.08. The van der Waals surface area contributed by atoms with Crippen molar-refractivity contribution < 1.29 is 9.90 Å². The summed E-state index contributed by atoms with van der Waals surface area (Å²) in [5, 5.41) is 9.24. The highest BCUT2D eigenvalue weighted by atomic mass is 35.5. The predicted molar refractivity (Wildman–Crippen MR) is 80.2 cm³/mol. The van der Waals surface area contributed by atoms with Gasteiger partial charge < -0.3 is 10.0 Å². The average Bonchev–Trinajstić information content (AvgIpc) is 2.36. The van der Waals surface area contributed by atoms with Crippen molar-refractivity contribution in [3.05, 3.63) is 52.2 Å². The van der Waals surface area contributed by atoms with Crippen molar-refractivity contribution in [1.29, 1.82) is 0 Å². The number of carboxylic acid groups (broad SMARTS) is 1. The largest absolute Gasteiger partial charge is 0.478 e. The highest BCUT2D eigenvalue weighted by Gasteiger charge is 2.17. The van der Waals surface area contributed by atoms with Crippen LogP contribution in [0.25, 0.3) is 0 Å². The lowest BCUT2D eigenvalue weighted by molar-refractivity contribution is 0.0697. The van der Waals surface area contributed by atoms with Crippen LogP contribution in [0.2, 0.25) is 5.02 Å². The summed E-state index contributed by atoms with van der Waals surface area (Å²) in [7, 11) is 1.81. The number of hydrogen-bond acceptors (Lipinski definition) is 3. The van der Waals surface area contributed by atoms with Crippen LogP contribution >= 0.6 is 11.6 Å². The van der Waals surface area contributed by atoms with E-state index in [1.807, 2.05) is 33.0 Å². The van der Waals surface area contributed by atoms with Crippen LogP contribution in [0.15, 0.2) is 30.5 Å². The molecule has 1 heterocycles. The lowest BCUT2D eigenvalue weighted by atomic mass is 10.1. The van der Waals surface area contributed by atoms with Crippen molar-refractivity contribution in [2.45, 2.75) is 13.8 Å². The van der Waals surface area contributed by atoms with Gasteiger partial charge in [-0.3, -0.25) is 0 Å². The molecule has 104 valence electrons. The van der Waals surface area contributed by atoms with E-state index in [9.17, 15) is 4.79 Å². The fourth-order valence-electron chi connectivity index (χ4n) is 2.10. The standard InChI is InChI=1S/C15H15ClN2O2/c1-9-6-10(2)8-11(7-9)18(3)14-13(16)12(15(19)20)4-5-17-14/h4-8H,1-3H3,(H,19,20). The highest BCUT2D eigenvalue weighted by molar-refractivity contribution is 6.36. The SMILES string of the molecule is Cc1cc(C)cc(N(C)c2nccc(C(=O)O)c2Cl)c1. The molecule has 5 heteroatoms. The van der Waals surface area contributed by atoms with Gasteiger partial charge in [0.15, 0.2) is 5.82 Å². The van der Waals surface area contributed by atoms with Gasteiger partial charge in [0.1, 0.15) is 0 Å². The fraction of sp³-hybridized carbons (Fsp3) is 0.200. The van der Waals surface area contributed by atoms with E-state index in [4.69, 9.17) is 16.7 Å². The molecule has 0 saturated heterocycles. The lowest BCUT2D eigenvalue weighted by Gasteiger charge is -2.21. The van der Waals surface area contributed by atoms with Gasteiger partial charge in [-0.2, -0.15) is 0 Å². The maximum atomic E-state index is 11.1. The van der Waals surface area contributed by atoms with Crippen LogP contribution in [0.1, 0.15) is 21.5 Å². The van der Waals surface area contributed by atoms with Gasteiger partial charge in [-0.25, -0.2) is 9.78 Å². The first-order chi connectivity index (χ1) is 9.40. The molecule has 2 aromatic rings. The Balaban J connectivity index is 2.50. The normalized spacial score (nSPS) is 10.4. The topological polar surface area (TPSA) is 53.4 Å². The van der Waals surface area contributed by atoms with Gasteiger partial charge in [0.25, 0.3) is 0 Å². The van der Waals surface area contributed by atoms with E-state index in [1.165, 1.54) is 12.3 Å². The van der Waals surface area contributed by atoms with E-state index >= 15 is 0 Å². The zero-order valence-electron chi connectivity index (χ0n) is 11.5. The van der Waals surface area contributed by atoms with Crippen molar-refractivity contribution in [1.82, 2.24) is 4.98 Å². The summed E-state index contributed by atoms with van der Waals surface area (Å²) in [5.74, 6) is -0.635. The van der Waals surface area contributed by atoms with Crippen LogP contribution in [0, 0.1) is 13.8 Å². The Morgan fingerprint density at radius 1 is 1.25 bits per heavy atom. The molecule has 4 nitrogen and oxygen atoms in total. The molecule has 0 amide bonds. The number of anilines is 2. The van der Waals surface area contributed by atoms with Gasteiger partial charge in [-0.1, -0.05) is 17.7 Å². The molecule has 2 rings (SSSR count). The molecule has 0 aliphatic carbocycles. The molecule has 0 radical (unpaired) electrons. The number of aromatic carboxylic acids is 1. The van der Waals surface area contributed by atoms with Gasteiger partial charge in [0, 0.05) is 18.9 Å². The van der Waals surface area contributed by atoms with Crippen LogP contribution in [-0.2, 0) is 0 Å². The van der Waals surface area contributed by atoms with Crippen LogP contribution in [0.3, 0.4) is 0 Å². The maximum absolute atomic E-state index is 11.1. The van der Waals surface area contributed by atoms with Crippen LogP contribution in [-0.4, -0.2) is 23.1 Å². The minimum absolute atomic E-state index is 0.0490. The smallest absolute Gasteiger partial charge is 0.337 e. The average molecular weight is 291 g/mol. The van der Waals surface area contributed by atoms with Gasteiger partial charge in [0.2, 0.25) is 0 Å². The molecule has 0 aliphatic rings. The molecule has 0 aliphatic heterocycles. The molecule has 1 N–H and O–H groups in total. The van der Waals surface area contributed by atoms with Crippen LogP contribution < -0.4 is 4.90 Å². The lowest BCUT2D eigenvalue weighted by Crippen LogP contribution is -2.13. The minimum Gasteiger partial charge on any atom is -0.478 e. The third-order valence-electron chi connectivity index (χ3n) is 3.01. The van der Waals surface area contributed by atoms with E-state index < -0.39 is 5.97 Å². The van der Waals surface area contributed by atoms with Gasteiger partial charge in [-0.15, -0.1) is 0 Å². The van der Waals surface area contributed by atoms with E-state index in [0.717, 1.165) is 16.8 Å². The van der Waals surface area contributed by atoms with Crippen molar-refractivity contribution in [2.24, 2.45) is 0 Å². The number of pyridine rings is 1. The first kappa shape index (κ1) is 14.3. The summed E-state index contributed by atoms with van der Waals surface area (Å²) >= 11 is 6.14. The Morgan fingerprint density at radius 3 is 2.40 bits per heavy atom. The zero-order chi connectivity index (χ0) is 14.9. The molecule has 0 atom stereocenters. The number of aromatic nitrogens is 1. The van der Waals surface area contributed by atoms with Crippen LogP contribution in [0.5, 0.6) is 0 Å². The summed E-state index contributed by atoms with van der Waals surface area (Å²) < 4.78 is 0. The molecule has 1 aromatic heterocycles. The molecular formula is C15H15ClN2O2. The number of halogens is 1. The summed E-state index contributed by atoms with van der Waals surface area (Å²) in [4.78, 5) is 17.1. The molecule has 20 heavy (non-hydrogen) atoms. The monoisotopic (exact) mass is 290 g/mol. The summed E-state index contributed by atoms with van der Waals surface area (Å²) in [5.41, 5.74) is 3.21. The van der Waals surface area contributed by atoms with E-state index in [-0.39, 0.29) is 10.6 Å². The molecule has 0 spiro atoms. The number of carbonyl (C=O) groups is 1. The number of rotatable bonds is 3. The molecule has 1 aromatic carbocycles. The highest BCUT2D eigenvalue weighted by Crippen LogP contribution is 2.31. The Kier molecular flexibility index (Phi) is 3.95. The van der Waals surface area contributed by atoms with E-state index in [0.29, 0.717) is 5.82 Å². The number of aryl methyl sites for hydroxylation is 2. The fourth-order valence-corrected chi connectivity index (χ4v) is 2.42. The third kappa shape index (κ3) is 2.75. The Hall–Kier alpha value is -2.07. The second kappa shape index (κ2) is 5.51. The zero-order valence-corrected chi connectivity index (χ0v) is 12.3. The van der Waals surface area contributed by atoms with Gasteiger partial charge in [0.05, 0.1) is 10.6 Å². The second-order valence-electron chi connectivity index (χ2n) is 4.71. The van der Waals surface area contributed by atoms with Crippen molar-refractivity contribution in [3.63, 3.8) is 0 Å². The molecule has 0 saturated carbocycles. The quantitative estimate of drug-likeness (QED) is 0.934. The first-order valence-electron chi connectivity index (χ1n) is 6.10. The van der Waals surface area contributed by atoms with Gasteiger partial charge >= 0.3 is 5.97 Å². The van der Waals surface area contributed by atoms with E-state index in [1.54, 1.807) is 4.90 Å². The third-order valence-corrected chi connectivity index (χ3v) is 3.39. The van der Waals surface area contributed by atoms with Crippen molar-refractivity contribution in [3.8, 4) is 0 Å². The minimum atomic E-state index is -1.06. The van der Waals surface area contributed by atoms with Crippen molar-refractivity contribution >= 4 is 29.1 Å².